The molecule has 0 aliphatic heterocycles. The van der Waals surface area contributed by atoms with Crippen LogP contribution < -0.4 is 4.74 Å². The lowest BCUT2D eigenvalue weighted by Crippen LogP contribution is -2.29. The fraction of sp³-hybridized carbons (Fsp3) is 0.667. The zero-order valence-electron chi connectivity index (χ0n) is 17.3. The first-order chi connectivity index (χ1) is 13.8. The molecule has 1 saturated carbocycles. The topological polar surface area (TPSA) is 29.5 Å². The van der Waals surface area contributed by atoms with Crippen molar-refractivity contribution in [2.75, 3.05) is 0 Å². The molecule has 1 fully saturated rings. The smallest absolute Gasteiger partial charge is 0.406 e. The molecule has 0 spiro atoms. The zero-order chi connectivity index (χ0) is 20.9. The lowest BCUT2D eigenvalue weighted by molar-refractivity contribution is -0.274. The molecule has 0 amide bonds. The van der Waals surface area contributed by atoms with Gasteiger partial charge in [-0.2, -0.15) is 0 Å². The van der Waals surface area contributed by atoms with Gasteiger partial charge in [-0.3, -0.25) is 0 Å². The molecule has 0 radical (unpaired) electrons. The largest absolute Gasteiger partial charge is 0.573 e. The highest BCUT2D eigenvalue weighted by Crippen LogP contribution is 2.43. The molecule has 0 aromatic heterocycles. The van der Waals surface area contributed by atoms with Crippen molar-refractivity contribution in [3.8, 4) is 5.75 Å². The Balaban J connectivity index is 1.53. The number of unbranched alkanes of at least 4 members (excludes halogenated alkanes) is 2. The van der Waals surface area contributed by atoms with Crippen LogP contribution in [0.5, 0.6) is 5.75 Å². The second-order valence-corrected chi connectivity index (χ2v) is 8.80. The first-order valence-electron chi connectivity index (χ1n) is 11.1. The van der Waals surface area contributed by atoms with E-state index in [1.807, 2.05) is 0 Å². The molecule has 0 heterocycles. The van der Waals surface area contributed by atoms with Crippen LogP contribution in [0.1, 0.15) is 83.1 Å². The maximum absolute atomic E-state index is 12.3. The van der Waals surface area contributed by atoms with E-state index in [9.17, 15) is 18.3 Å². The van der Waals surface area contributed by atoms with E-state index in [1.165, 1.54) is 69.1 Å². The molecule has 162 valence electrons. The third-order valence-electron chi connectivity index (χ3n) is 6.74. The van der Waals surface area contributed by atoms with Gasteiger partial charge < -0.3 is 9.84 Å². The van der Waals surface area contributed by atoms with Gasteiger partial charge in [0.15, 0.2) is 0 Å². The van der Waals surface area contributed by atoms with Crippen molar-refractivity contribution < 1.29 is 23.0 Å². The van der Waals surface area contributed by atoms with Gasteiger partial charge in [0.25, 0.3) is 0 Å². The molecule has 0 bridgehead atoms. The Morgan fingerprint density at radius 1 is 1.07 bits per heavy atom. The normalized spacial score (nSPS) is 28.1. The third kappa shape index (κ3) is 6.24. The Morgan fingerprint density at radius 2 is 1.76 bits per heavy atom. The lowest BCUT2D eigenvalue weighted by atomic mass is 9.71. The number of alkyl halides is 3. The second kappa shape index (κ2) is 9.55. The van der Waals surface area contributed by atoms with Crippen LogP contribution in [0.15, 0.2) is 35.9 Å². The first kappa shape index (κ1) is 22.2. The highest BCUT2D eigenvalue weighted by Gasteiger charge is 2.35. The van der Waals surface area contributed by atoms with Crippen molar-refractivity contribution in [1.82, 2.24) is 0 Å². The van der Waals surface area contributed by atoms with E-state index >= 15 is 0 Å². The molecule has 1 aromatic carbocycles. The SMILES string of the molecule is CCCCCC1CCC(C2=CCC(O)(c3ccc(OC(F)(F)F)cc3)CC2)CC1. The summed E-state index contributed by atoms with van der Waals surface area (Å²) < 4.78 is 40.9. The number of ether oxygens (including phenoxy) is 1. The van der Waals surface area contributed by atoms with Crippen LogP contribution >= 0.6 is 0 Å². The second-order valence-electron chi connectivity index (χ2n) is 8.80. The minimum absolute atomic E-state index is 0.257. The Kier molecular flexibility index (Phi) is 7.31. The number of aliphatic hydroxyl groups is 1. The molecule has 1 aromatic rings. The summed E-state index contributed by atoms with van der Waals surface area (Å²) in [7, 11) is 0. The molecule has 2 aliphatic carbocycles. The van der Waals surface area contributed by atoms with E-state index in [0.717, 1.165) is 12.3 Å². The van der Waals surface area contributed by atoms with Crippen molar-refractivity contribution in [3.63, 3.8) is 0 Å². The summed E-state index contributed by atoms with van der Waals surface area (Å²) in [4.78, 5) is 0. The van der Waals surface area contributed by atoms with Crippen molar-refractivity contribution in [2.45, 2.75) is 89.5 Å². The number of benzene rings is 1. The number of halogens is 3. The average molecular weight is 411 g/mol. The lowest BCUT2D eigenvalue weighted by Gasteiger charge is -2.36. The molecule has 5 heteroatoms. The van der Waals surface area contributed by atoms with E-state index < -0.39 is 12.0 Å². The summed E-state index contributed by atoms with van der Waals surface area (Å²) in [6.45, 7) is 2.25. The molecule has 1 unspecified atom stereocenters. The summed E-state index contributed by atoms with van der Waals surface area (Å²) in [6.07, 6.45) is 9.98. The number of hydrogen-bond acceptors (Lipinski definition) is 2. The fourth-order valence-electron chi connectivity index (χ4n) is 4.96. The molecular formula is C24H33F3O2. The van der Waals surface area contributed by atoms with Crippen LogP contribution in [0.2, 0.25) is 0 Å². The highest BCUT2D eigenvalue weighted by molar-refractivity contribution is 5.33. The summed E-state index contributed by atoms with van der Waals surface area (Å²) in [6, 6.07) is 5.64. The first-order valence-corrected chi connectivity index (χ1v) is 11.1. The van der Waals surface area contributed by atoms with Gasteiger partial charge in [-0.05, 0) is 74.5 Å². The van der Waals surface area contributed by atoms with E-state index in [0.29, 0.717) is 24.3 Å². The number of rotatable bonds is 7. The maximum Gasteiger partial charge on any atom is 0.573 e. The van der Waals surface area contributed by atoms with Crippen molar-refractivity contribution in [1.29, 1.82) is 0 Å². The van der Waals surface area contributed by atoms with Gasteiger partial charge in [0.05, 0.1) is 5.60 Å². The summed E-state index contributed by atoms with van der Waals surface area (Å²) in [5, 5.41) is 11.0. The van der Waals surface area contributed by atoms with Gasteiger partial charge in [-0.25, -0.2) is 0 Å². The zero-order valence-corrected chi connectivity index (χ0v) is 17.3. The quantitative estimate of drug-likeness (QED) is 0.378. The highest BCUT2D eigenvalue weighted by atomic mass is 19.4. The van der Waals surface area contributed by atoms with E-state index in [4.69, 9.17) is 0 Å². The summed E-state index contributed by atoms with van der Waals surface area (Å²) >= 11 is 0. The van der Waals surface area contributed by atoms with Crippen LogP contribution in [0.3, 0.4) is 0 Å². The van der Waals surface area contributed by atoms with Crippen LogP contribution in [-0.2, 0) is 5.60 Å². The minimum Gasteiger partial charge on any atom is -0.406 e. The molecule has 2 aliphatic rings. The average Bonchev–Trinajstić information content (AvgIpc) is 2.69. The minimum atomic E-state index is -4.70. The van der Waals surface area contributed by atoms with Gasteiger partial charge >= 0.3 is 6.36 Å². The Labute approximate surface area is 172 Å². The van der Waals surface area contributed by atoms with Crippen LogP contribution in [0.25, 0.3) is 0 Å². The third-order valence-corrected chi connectivity index (χ3v) is 6.74. The van der Waals surface area contributed by atoms with E-state index in [2.05, 4.69) is 17.7 Å². The monoisotopic (exact) mass is 410 g/mol. The fourth-order valence-corrected chi connectivity index (χ4v) is 4.96. The van der Waals surface area contributed by atoms with Crippen molar-refractivity contribution in [2.24, 2.45) is 11.8 Å². The van der Waals surface area contributed by atoms with Crippen LogP contribution in [0.4, 0.5) is 13.2 Å². The molecular weight excluding hydrogens is 377 g/mol. The molecule has 1 atom stereocenters. The molecule has 2 nitrogen and oxygen atoms in total. The van der Waals surface area contributed by atoms with Crippen molar-refractivity contribution >= 4 is 0 Å². The van der Waals surface area contributed by atoms with E-state index in [-0.39, 0.29) is 5.75 Å². The van der Waals surface area contributed by atoms with Gasteiger partial charge in [0, 0.05) is 0 Å². The summed E-state index contributed by atoms with van der Waals surface area (Å²) in [5.74, 6) is 1.27. The summed E-state index contributed by atoms with van der Waals surface area (Å²) in [5.41, 5.74) is 1.12. The molecule has 0 saturated heterocycles. The van der Waals surface area contributed by atoms with Gasteiger partial charge in [-0.15, -0.1) is 13.2 Å². The molecule has 1 N–H and O–H groups in total. The molecule has 3 rings (SSSR count). The van der Waals surface area contributed by atoms with Crippen LogP contribution in [-0.4, -0.2) is 11.5 Å². The molecule has 29 heavy (non-hydrogen) atoms. The Bertz CT molecular complexity index is 672. The predicted octanol–water partition coefficient (Wildman–Crippen LogP) is 7.27. The number of allylic oxidation sites excluding steroid dienone is 1. The van der Waals surface area contributed by atoms with E-state index in [1.54, 1.807) is 12.1 Å². The van der Waals surface area contributed by atoms with Gasteiger partial charge in [0.1, 0.15) is 5.75 Å². The standard InChI is InChI=1S/C24H33F3O2/c1-2-3-4-5-18-6-8-19(9-7-18)20-14-16-23(28,17-15-20)21-10-12-22(13-11-21)29-24(25,26)27/h10-14,18-19,28H,2-9,15-17H2,1H3. The van der Waals surface area contributed by atoms with Crippen LogP contribution in [0, 0.1) is 11.8 Å². The van der Waals surface area contributed by atoms with Gasteiger partial charge in [-0.1, -0.05) is 56.4 Å². The van der Waals surface area contributed by atoms with Crippen molar-refractivity contribution in [3.05, 3.63) is 41.5 Å². The number of hydrogen-bond donors (Lipinski definition) is 1. The Morgan fingerprint density at radius 3 is 2.31 bits per heavy atom. The predicted molar refractivity (Wildman–Crippen MR) is 109 cm³/mol. The maximum atomic E-state index is 12.3. The van der Waals surface area contributed by atoms with Gasteiger partial charge in [0.2, 0.25) is 0 Å². The Hall–Kier alpha value is -1.49.